The third-order valence-electron chi connectivity index (χ3n) is 6.32. The Labute approximate surface area is 170 Å². The maximum Gasteiger partial charge on any atom is 0.494 e. The first-order valence-corrected chi connectivity index (χ1v) is 9.33. The first kappa shape index (κ1) is 22.7. The second-order valence-electron chi connectivity index (χ2n) is 9.39. The summed E-state index contributed by atoms with van der Waals surface area (Å²) in [5.74, 6) is 0. The van der Waals surface area contributed by atoms with Crippen molar-refractivity contribution in [2.24, 2.45) is 5.73 Å². The molecule has 0 atom stereocenters. The van der Waals surface area contributed by atoms with E-state index in [0.29, 0.717) is 6.54 Å². The largest absolute Gasteiger partial charge is 0.494 e. The van der Waals surface area contributed by atoms with Crippen LogP contribution in [0.15, 0.2) is 18.2 Å². The lowest BCUT2D eigenvalue weighted by molar-refractivity contribution is 0.00578. The Morgan fingerprint density at radius 1 is 0.667 bits per heavy atom. The molecule has 0 unspecified atom stereocenters. The van der Waals surface area contributed by atoms with Crippen LogP contribution in [0.5, 0.6) is 0 Å². The molecule has 0 aliphatic carbocycles. The molecule has 2 heterocycles. The third kappa shape index (κ3) is 3.96. The summed E-state index contributed by atoms with van der Waals surface area (Å²) in [6, 6.07) is 6.12. The monoisotopic (exact) mass is 395 g/mol. The fourth-order valence-electron chi connectivity index (χ4n) is 3.09. The second-order valence-corrected chi connectivity index (χ2v) is 9.39. The van der Waals surface area contributed by atoms with E-state index in [1.165, 1.54) is 0 Å². The number of hydrogen-bond donors (Lipinski definition) is 1. The molecule has 2 aliphatic heterocycles. The third-order valence-corrected chi connectivity index (χ3v) is 6.32. The topological polar surface area (TPSA) is 62.9 Å². The van der Waals surface area contributed by atoms with Gasteiger partial charge in [0.2, 0.25) is 0 Å². The van der Waals surface area contributed by atoms with Gasteiger partial charge in [-0.15, -0.1) is 12.4 Å². The van der Waals surface area contributed by atoms with E-state index in [0.717, 1.165) is 16.5 Å². The summed E-state index contributed by atoms with van der Waals surface area (Å²) in [6.45, 7) is 16.8. The molecule has 0 amide bonds. The van der Waals surface area contributed by atoms with Crippen LogP contribution in [0.25, 0.3) is 0 Å². The molecule has 2 aliphatic rings. The lowest BCUT2D eigenvalue weighted by Crippen LogP contribution is -2.41. The van der Waals surface area contributed by atoms with Gasteiger partial charge in [-0.25, -0.2) is 0 Å². The molecule has 2 saturated heterocycles. The van der Waals surface area contributed by atoms with Crippen molar-refractivity contribution in [3.05, 3.63) is 23.8 Å². The number of halogens is 1. The first-order chi connectivity index (χ1) is 11.8. The molecule has 2 fully saturated rings. The van der Waals surface area contributed by atoms with Gasteiger partial charge in [-0.2, -0.15) is 0 Å². The van der Waals surface area contributed by atoms with Crippen molar-refractivity contribution >= 4 is 37.6 Å². The Morgan fingerprint density at radius 3 is 1.22 bits per heavy atom. The smallest absolute Gasteiger partial charge is 0.399 e. The summed E-state index contributed by atoms with van der Waals surface area (Å²) in [4.78, 5) is 0. The molecule has 150 valence electrons. The molecule has 0 bridgehead atoms. The Balaban J connectivity index is 0.00000261. The lowest BCUT2D eigenvalue weighted by atomic mass is 9.71. The van der Waals surface area contributed by atoms with Crippen LogP contribution in [-0.4, -0.2) is 36.6 Å². The normalized spacial score (nSPS) is 24.8. The van der Waals surface area contributed by atoms with E-state index in [1.54, 1.807) is 0 Å². The van der Waals surface area contributed by atoms with Crippen molar-refractivity contribution in [1.82, 2.24) is 0 Å². The first-order valence-electron chi connectivity index (χ1n) is 9.33. The van der Waals surface area contributed by atoms with Crippen molar-refractivity contribution < 1.29 is 18.6 Å². The Bertz CT molecular complexity index is 623. The van der Waals surface area contributed by atoms with E-state index in [4.69, 9.17) is 24.4 Å². The standard InChI is InChI=1S/C19H31B2NO4.ClH/c1-16(2)17(3,4)24-20(23-16)14-9-13(12-22)10-15(11-14)21-25-18(5,6)19(7,8)26-21;/h9-11H,12,22H2,1-8H3;1H. The Hall–Kier alpha value is -0.560. The van der Waals surface area contributed by atoms with Crippen LogP contribution >= 0.6 is 12.4 Å². The predicted octanol–water partition coefficient (Wildman–Crippen LogP) is 2.17. The number of hydrogen-bond acceptors (Lipinski definition) is 5. The molecule has 1 aromatic rings. The molecule has 27 heavy (non-hydrogen) atoms. The van der Waals surface area contributed by atoms with Gasteiger partial charge < -0.3 is 24.4 Å². The number of rotatable bonds is 3. The average molecular weight is 396 g/mol. The molecule has 2 N–H and O–H groups in total. The minimum atomic E-state index is -0.437. The summed E-state index contributed by atoms with van der Waals surface area (Å²) in [5.41, 5.74) is 7.27. The average Bonchev–Trinajstić information content (AvgIpc) is 2.86. The van der Waals surface area contributed by atoms with Crippen molar-refractivity contribution in [3.8, 4) is 0 Å². The van der Waals surface area contributed by atoms with Gasteiger partial charge in [0.25, 0.3) is 0 Å². The molecular formula is C19H32B2ClNO4. The minimum Gasteiger partial charge on any atom is -0.399 e. The van der Waals surface area contributed by atoms with Gasteiger partial charge >= 0.3 is 14.2 Å². The SMILES string of the molecule is CC1(C)OB(c2cc(CN)cc(B3OC(C)(C)C(C)(C)O3)c2)OC1(C)C.Cl. The maximum absolute atomic E-state index is 6.20. The molecule has 0 radical (unpaired) electrons. The summed E-state index contributed by atoms with van der Waals surface area (Å²) < 4.78 is 24.8. The summed E-state index contributed by atoms with van der Waals surface area (Å²) >= 11 is 0. The van der Waals surface area contributed by atoms with E-state index in [1.807, 2.05) is 18.2 Å². The molecule has 1 aromatic carbocycles. The zero-order valence-electron chi connectivity index (χ0n) is 17.7. The van der Waals surface area contributed by atoms with Gasteiger partial charge in [0.1, 0.15) is 0 Å². The van der Waals surface area contributed by atoms with Gasteiger partial charge in [-0.1, -0.05) is 18.2 Å². The van der Waals surface area contributed by atoms with Crippen LogP contribution < -0.4 is 16.7 Å². The highest BCUT2D eigenvalue weighted by Gasteiger charge is 2.53. The molecule has 0 saturated carbocycles. The lowest BCUT2D eigenvalue weighted by Gasteiger charge is -2.32. The van der Waals surface area contributed by atoms with Crippen LogP contribution in [0.1, 0.15) is 61.0 Å². The number of nitrogens with two attached hydrogens (primary N) is 1. The van der Waals surface area contributed by atoms with E-state index >= 15 is 0 Å². The van der Waals surface area contributed by atoms with Gasteiger partial charge in [0.05, 0.1) is 22.4 Å². The Kier molecular flexibility index (Phi) is 5.93. The van der Waals surface area contributed by atoms with Crippen molar-refractivity contribution in [3.63, 3.8) is 0 Å². The van der Waals surface area contributed by atoms with Crippen LogP contribution in [0.4, 0.5) is 0 Å². The molecule has 3 rings (SSSR count). The minimum absolute atomic E-state index is 0. The quantitative estimate of drug-likeness (QED) is 0.795. The van der Waals surface area contributed by atoms with Crippen molar-refractivity contribution in [2.45, 2.75) is 84.3 Å². The highest BCUT2D eigenvalue weighted by molar-refractivity contribution is 6.66. The molecule has 5 nitrogen and oxygen atoms in total. The summed E-state index contributed by atoms with van der Waals surface area (Å²) in [7, 11) is -0.875. The van der Waals surface area contributed by atoms with Crippen molar-refractivity contribution in [2.75, 3.05) is 0 Å². The molecule has 0 aromatic heterocycles. The molecule has 8 heteroatoms. The highest BCUT2D eigenvalue weighted by Crippen LogP contribution is 2.37. The number of benzene rings is 1. The molecule has 0 spiro atoms. The van der Waals surface area contributed by atoms with Gasteiger partial charge in [0.15, 0.2) is 0 Å². The fourth-order valence-corrected chi connectivity index (χ4v) is 3.09. The van der Waals surface area contributed by atoms with E-state index in [2.05, 4.69) is 55.4 Å². The van der Waals surface area contributed by atoms with Gasteiger partial charge in [-0.05, 0) is 71.9 Å². The van der Waals surface area contributed by atoms with Crippen LogP contribution in [0.2, 0.25) is 0 Å². The van der Waals surface area contributed by atoms with Crippen molar-refractivity contribution in [1.29, 1.82) is 0 Å². The zero-order valence-corrected chi connectivity index (χ0v) is 18.5. The second kappa shape index (κ2) is 7.05. The van der Waals surface area contributed by atoms with E-state index < -0.39 is 14.2 Å². The maximum atomic E-state index is 6.20. The molecular weight excluding hydrogens is 363 g/mol. The summed E-state index contributed by atoms with van der Waals surface area (Å²) in [6.07, 6.45) is 0. The highest BCUT2D eigenvalue weighted by atomic mass is 35.5. The van der Waals surface area contributed by atoms with Gasteiger partial charge in [-0.3, -0.25) is 0 Å². The van der Waals surface area contributed by atoms with Crippen LogP contribution in [0, 0.1) is 0 Å². The van der Waals surface area contributed by atoms with Crippen LogP contribution in [0.3, 0.4) is 0 Å². The Morgan fingerprint density at radius 2 is 0.963 bits per heavy atom. The zero-order chi connectivity index (χ0) is 19.5. The van der Waals surface area contributed by atoms with Crippen LogP contribution in [-0.2, 0) is 25.2 Å². The fraction of sp³-hybridized carbons (Fsp3) is 0.684. The van der Waals surface area contributed by atoms with E-state index in [9.17, 15) is 0 Å². The van der Waals surface area contributed by atoms with E-state index in [-0.39, 0.29) is 34.8 Å². The summed E-state index contributed by atoms with van der Waals surface area (Å²) in [5, 5.41) is 0. The predicted molar refractivity (Wildman–Crippen MR) is 113 cm³/mol. The van der Waals surface area contributed by atoms with Gasteiger partial charge in [0, 0.05) is 6.54 Å².